The van der Waals surface area contributed by atoms with Crippen molar-refractivity contribution in [2.24, 2.45) is 5.92 Å². The molecule has 0 aliphatic carbocycles. The van der Waals surface area contributed by atoms with Gasteiger partial charge in [-0.2, -0.15) is 4.31 Å². The number of rotatable bonds is 2. The molecule has 19 heavy (non-hydrogen) atoms. The minimum Gasteiger partial charge on any atom is -0.489 e. The largest absolute Gasteiger partial charge is 0.489 e. The Hall–Kier alpha value is -0.780. The van der Waals surface area contributed by atoms with Crippen LogP contribution in [0.5, 0.6) is 5.75 Å². The minimum absolute atomic E-state index is 0.147. The normalized spacial score (nSPS) is 22.7. The molecule has 6 heteroatoms. The van der Waals surface area contributed by atoms with E-state index in [1.54, 1.807) is 19.2 Å². The zero-order chi connectivity index (χ0) is 14.2. The van der Waals surface area contributed by atoms with Crippen molar-refractivity contribution in [1.29, 1.82) is 0 Å². The van der Waals surface area contributed by atoms with Crippen LogP contribution in [0.1, 0.15) is 20.3 Å². The van der Waals surface area contributed by atoms with Gasteiger partial charge in [-0.15, -0.1) is 0 Å². The van der Waals surface area contributed by atoms with Crippen LogP contribution in [0, 0.1) is 5.92 Å². The Labute approximate surface area is 119 Å². The number of fused-ring (bicyclic) bond motifs is 1. The maximum absolute atomic E-state index is 12.6. The van der Waals surface area contributed by atoms with Gasteiger partial charge in [-0.3, -0.25) is 0 Å². The summed E-state index contributed by atoms with van der Waals surface area (Å²) in [7, 11) is -1.95. The number of ether oxygens (including phenoxy) is 1. The minimum atomic E-state index is -3.55. The number of para-hydroxylation sites is 1. The molecule has 2 rings (SSSR count). The SMILES string of the molecule is CC(C)C[C@H]1COc2c(Cl)cccc2S(=O)(=O)N1C. The van der Waals surface area contributed by atoms with Crippen LogP contribution in [0.25, 0.3) is 0 Å². The maximum atomic E-state index is 12.6. The molecule has 1 heterocycles. The van der Waals surface area contributed by atoms with Gasteiger partial charge in [0, 0.05) is 7.05 Å². The van der Waals surface area contributed by atoms with E-state index < -0.39 is 10.0 Å². The van der Waals surface area contributed by atoms with E-state index in [0.717, 1.165) is 6.42 Å². The van der Waals surface area contributed by atoms with Crippen molar-refractivity contribution in [2.45, 2.75) is 31.2 Å². The molecular weight excluding hydrogens is 286 g/mol. The van der Waals surface area contributed by atoms with Crippen molar-refractivity contribution in [3.63, 3.8) is 0 Å². The fraction of sp³-hybridized carbons (Fsp3) is 0.538. The van der Waals surface area contributed by atoms with Crippen LogP contribution in [0.15, 0.2) is 23.1 Å². The standard InChI is InChI=1S/C13H18ClNO3S/c1-9(2)7-10-8-18-13-11(14)5-4-6-12(13)19(16,17)15(10)3/h4-6,9-10H,7-8H2,1-3H3/t10-/m0/s1. The molecule has 106 valence electrons. The molecule has 0 spiro atoms. The zero-order valence-corrected chi connectivity index (χ0v) is 12.8. The number of benzene rings is 1. The second kappa shape index (κ2) is 5.31. The first-order valence-corrected chi connectivity index (χ1v) is 8.05. The highest BCUT2D eigenvalue weighted by Crippen LogP contribution is 2.37. The fourth-order valence-corrected chi connectivity index (χ4v) is 4.02. The van der Waals surface area contributed by atoms with Gasteiger partial charge >= 0.3 is 0 Å². The van der Waals surface area contributed by atoms with Crippen LogP contribution in [0.3, 0.4) is 0 Å². The molecule has 0 unspecified atom stereocenters. The number of halogens is 1. The summed E-state index contributed by atoms with van der Waals surface area (Å²) in [6, 6.07) is 4.62. The highest BCUT2D eigenvalue weighted by Gasteiger charge is 2.35. The molecule has 0 radical (unpaired) electrons. The predicted octanol–water partition coefficient (Wildman–Crippen LogP) is 2.77. The van der Waals surface area contributed by atoms with Crippen molar-refractivity contribution >= 4 is 21.6 Å². The topological polar surface area (TPSA) is 46.6 Å². The summed E-state index contributed by atoms with van der Waals surface area (Å²) in [4.78, 5) is 0.147. The second-order valence-electron chi connectivity index (χ2n) is 5.18. The molecule has 0 saturated carbocycles. The Bertz CT molecular complexity index is 571. The van der Waals surface area contributed by atoms with Gasteiger partial charge in [-0.1, -0.05) is 31.5 Å². The number of sulfonamides is 1. The summed E-state index contributed by atoms with van der Waals surface area (Å²) in [5.41, 5.74) is 0. The quantitative estimate of drug-likeness (QED) is 0.844. The zero-order valence-electron chi connectivity index (χ0n) is 11.3. The summed E-state index contributed by atoms with van der Waals surface area (Å²) in [5.74, 6) is 0.658. The summed E-state index contributed by atoms with van der Waals surface area (Å²) >= 11 is 6.04. The lowest BCUT2D eigenvalue weighted by Gasteiger charge is -2.25. The van der Waals surface area contributed by atoms with E-state index in [1.165, 1.54) is 10.4 Å². The lowest BCUT2D eigenvalue weighted by atomic mass is 10.0. The lowest BCUT2D eigenvalue weighted by molar-refractivity contribution is 0.207. The van der Waals surface area contributed by atoms with E-state index in [0.29, 0.717) is 17.5 Å². The Balaban J connectivity index is 2.48. The highest BCUT2D eigenvalue weighted by atomic mass is 35.5. The van der Waals surface area contributed by atoms with Crippen LogP contribution in [-0.2, 0) is 10.0 Å². The molecule has 1 aliphatic rings. The summed E-state index contributed by atoms with van der Waals surface area (Å²) in [5, 5.41) is 0.333. The molecule has 0 amide bonds. The van der Waals surface area contributed by atoms with Crippen molar-refractivity contribution in [2.75, 3.05) is 13.7 Å². The molecule has 1 atom stereocenters. The van der Waals surface area contributed by atoms with E-state index in [4.69, 9.17) is 16.3 Å². The Morgan fingerprint density at radius 3 is 2.79 bits per heavy atom. The van der Waals surface area contributed by atoms with Gasteiger partial charge in [-0.05, 0) is 24.5 Å². The average Bonchev–Trinajstić information content (AvgIpc) is 2.41. The van der Waals surface area contributed by atoms with Gasteiger partial charge in [0.25, 0.3) is 0 Å². The van der Waals surface area contributed by atoms with Crippen LogP contribution < -0.4 is 4.74 Å². The van der Waals surface area contributed by atoms with Crippen molar-refractivity contribution < 1.29 is 13.2 Å². The molecule has 0 bridgehead atoms. The third-order valence-corrected chi connectivity index (χ3v) is 5.50. The molecule has 4 nitrogen and oxygen atoms in total. The first kappa shape index (κ1) is 14.6. The molecule has 1 aromatic carbocycles. The van der Waals surface area contributed by atoms with Crippen LogP contribution >= 0.6 is 11.6 Å². The van der Waals surface area contributed by atoms with Crippen molar-refractivity contribution in [1.82, 2.24) is 4.31 Å². The molecule has 0 saturated heterocycles. The molecule has 1 aromatic rings. The monoisotopic (exact) mass is 303 g/mol. The average molecular weight is 304 g/mol. The van der Waals surface area contributed by atoms with Crippen molar-refractivity contribution in [3.05, 3.63) is 23.2 Å². The Morgan fingerprint density at radius 2 is 2.16 bits per heavy atom. The van der Waals surface area contributed by atoms with E-state index in [1.807, 2.05) is 0 Å². The van der Waals surface area contributed by atoms with Crippen LogP contribution in [0.2, 0.25) is 5.02 Å². The van der Waals surface area contributed by atoms with Gasteiger partial charge < -0.3 is 4.74 Å². The molecule has 0 fully saturated rings. The first-order valence-electron chi connectivity index (χ1n) is 6.23. The summed E-state index contributed by atoms with van der Waals surface area (Å²) in [6.45, 7) is 4.45. The number of likely N-dealkylation sites (N-methyl/N-ethyl adjacent to an activating group) is 1. The second-order valence-corrected chi connectivity index (χ2v) is 7.56. The van der Waals surface area contributed by atoms with Gasteiger partial charge in [0.15, 0.2) is 5.75 Å². The van der Waals surface area contributed by atoms with Gasteiger partial charge in [-0.25, -0.2) is 8.42 Å². The Kier molecular flexibility index (Phi) is 4.08. The van der Waals surface area contributed by atoms with E-state index >= 15 is 0 Å². The van der Waals surface area contributed by atoms with E-state index in [2.05, 4.69) is 13.8 Å². The molecular formula is C13H18ClNO3S. The number of hydrogen-bond donors (Lipinski definition) is 0. The first-order chi connectivity index (χ1) is 8.84. The van der Waals surface area contributed by atoms with Crippen molar-refractivity contribution in [3.8, 4) is 5.75 Å². The lowest BCUT2D eigenvalue weighted by Crippen LogP contribution is -2.39. The van der Waals surface area contributed by atoms with E-state index in [9.17, 15) is 8.42 Å². The van der Waals surface area contributed by atoms with Crippen LogP contribution in [-0.4, -0.2) is 32.4 Å². The predicted molar refractivity (Wildman–Crippen MR) is 75.1 cm³/mol. The molecule has 1 aliphatic heterocycles. The third kappa shape index (κ3) is 2.73. The summed E-state index contributed by atoms with van der Waals surface area (Å²) < 4.78 is 32.2. The smallest absolute Gasteiger partial charge is 0.246 e. The van der Waals surface area contributed by atoms with E-state index in [-0.39, 0.29) is 16.7 Å². The third-order valence-electron chi connectivity index (χ3n) is 3.27. The van der Waals surface area contributed by atoms with Crippen LogP contribution in [0.4, 0.5) is 0 Å². The maximum Gasteiger partial charge on any atom is 0.246 e. The highest BCUT2D eigenvalue weighted by molar-refractivity contribution is 7.89. The summed E-state index contributed by atoms with van der Waals surface area (Å²) in [6.07, 6.45) is 0.751. The molecule has 0 aromatic heterocycles. The molecule has 0 N–H and O–H groups in total. The van der Waals surface area contributed by atoms with Gasteiger partial charge in [0.1, 0.15) is 11.5 Å². The van der Waals surface area contributed by atoms with Gasteiger partial charge in [0.2, 0.25) is 10.0 Å². The van der Waals surface area contributed by atoms with Gasteiger partial charge in [0.05, 0.1) is 11.1 Å². The fourth-order valence-electron chi connectivity index (χ4n) is 2.23. The Morgan fingerprint density at radius 1 is 1.47 bits per heavy atom. The number of nitrogens with zero attached hydrogens (tertiary/aromatic N) is 1. The number of hydrogen-bond acceptors (Lipinski definition) is 3.